The van der Waals surface area contributed by atoms with Gasteiger partial charge in [0, 0.05) is 33.4 Å². The summed E-state index contributed by atoms with van der Waals surface area (Å²) in [5.41, 5.74) is 0.741. The molecule has 0 fully saturated rings. The molecule has 0 unspecified atom stereocenters. The van der Waals surface area contributed by atoms with Crippen LogP contribution in [-0.4, -0.2) is 38.7 Å². The van der Waals surface area contributed by atoms with Crippen LogP contribution < -0.4 is 0 Å². The molecule has 3 heteroatoms. The Morgan fingerprint density at radius 1 is 0.929 bits per heavy atom. The first-order valence-electron chi connectivity index (χ1n) is 10.9. The zero-order valence-corrected chi connectivity index (χ0v) is 21.0. The largest absolute Gasteiger partial charge is 0.376 e. The maximum atomic E-state index is 5.27. The normalized spacial score (nSPS) is 12.0. The minimum absolute atomic E-state index is 0.234. The Kier molecular flexibility index (Phi) is 21.7. The second-order valence-electron chi connectivity index (χ2n) is 7.45. The van der Waals surface area contributed by atoms with Gasteiger partial charge in [-0.15, -0.1) is 0 Å². The van der Waals surface area contributed by atoms with Crippen molar-refractivity contribution in [2.75, 3.05) is 21.3 Å². The quantitative estimate of drug-likeness (QED) is 0.308. The Morgan fingerprint density at radius 3 is 1.64 bits per heavy atom. The highest BCUT2D eigenvalue weighted by Gasteiger charge is 2.36. The molecule has 0 bridgehead atoms. The fraction of sp³-hybridized carbons (Fsp3) is 0.800. The second kappa shape index (κ2) is 19.2. The minimum Gasteiger partial charge on any atom is -0.376 e. The molecule has 0 aromatic heterocycles. The number of allylic oxidation sites excluding steroid dienone is 2. The third-order valence-corrected chi connectivity index (χ3v) is 4.99. The molecule has 0 spiro atoms. The van der Waals surface area contributed by atoms with Crippen molar-refractivity contribution in [1.29, 1.82) is 0 Å². The fourth-order valence-electron chi connectivity index (χ4n) is 2.13. The Balaban J connectivity index is -0.000000447. The Morgan fingerprint density at radius 2 is 1.36 bits per heavy atom. The van der Waals surface area contributed by atoms with Crippen LogP contribution in [0.4, 0.5) is 0 Å². The van der Waals surface area contributed by atoms with Crippen LogP contribution in [0.2, 0.25) is 0 Å². The zero-order chi connectivity index (χ0) is 22.6. The van der Waals surface area contributed by atoms with E-state index >= 15 is 0 Å². The highest BCUT2D eigenvalue weighted by molar-refractivity contribution is 5.79. The van der Waals surface area contributed by atoms with Gasteiger partial charge >= 0.3 is 0 Å². The van der Waals surface area contributed by atoms with Crippen molar-refractivity contribution in [3.8, 4) is 11.8 Å². The lowest BCUT2D eigenvalue weighted by Gasteiger charge is -2.38. The van der Waals surface area contributed by atoms with Gasteiger partial charge in [-0.05, 0) is 58.6 Å². The van der Waals surface area contributed by atoms with Gasteiger partial charge in [0.05, 0.1) is 11.2 Å². The summed E-state index contributed by atoms with van der Waals surface area (Å²) < 4.78 is 10.5. The molecule has 0 aliphatic rings. The highest BCUT2D eigenvalue weighted by atomic mass is 16.5. The van der Waals surface area contributed by atoms with E-state index in [1.54, 1.807) is 21.3 Å². The van der Waals surface area contributed by atoms with Gasteiger partial charge in [-0.3, -0.25) is 4.99 Å². The summed E-state index contributed by atoms with van der Waals surface area (Å²) in [5, 5.41) is 0. The summed E-state index contributed by atoms with van der Waals surface area (Å²) in [4.78, 5) is 4.02. The van der Waals surface area contributed by atoms with Crippen LogP contribution in [0.5, 0.6) is 0 Å². The predicted octanol–water partition coefficient (Wildman–Crippen LogP) is 7.11. The van der Waals surface area contributed by atoms with Gasteiger partial charge in [0.2, 0.25) is 0 Å². The number of rotatable bonds is 9. The van der Waals surface area contributed by atoms with Crippen molar-refractivity contribution in [2.45, 2.75) is 106 Å². The monoisotopic (exact) mass is 395 g/mol. The van der Waals surface area contributed by atoms with Crippen LogP contribution in [0.15, 0.2) is 16.6 Å². The van der Waals surface area contributed by atoms with Gasteiger partial charge in [-0.25, -0.2) is 0 Å². The third kappa shape index (κ3) is 14.9. The number of ether oxygens (including phenoxy) is 2. The Bertz CT molecular complexity index is 445. The topological polar surface area (TPSA) is 30.8 Å². The van der Waals surface area contributed by atoms with Crippen LogP contribution in [0.3, 0.4) is 0 Å². The summed E-state index contributed by atoms with van der Waals surface area (Å²) in [6, 6.07) is 0. The molecule has 0 aromatic rings. The predicted molar refractivity (Wildman–Crippen MR) is 127 cm³/mol. The Labute approximate surface area is 177 Å². The van der Waals surface area contributed by atoms with Crippen molar-refractivity contribution in [3.63, 3.8) is 0 Å². The summed E-state index contributed by atoms with van der Waals surface area (Å²) in [6.07, 6.45) is 9.78. The van der Waals surface area contributed by atoms with Crippen LogP contribution in [0.25, 0.3) is 0 Å². The molecule has 0 aromatic carbocycles. The lowest BCUT2D eigenvalue weighted by Crippen LogP contribution is -2.48. The lowest BCUT2D eigenvalue weighted by atomic mass is 9.89. The van der Waals surface area contributed by atoms with Gasteiger partial charge in [0.15, 0.2) is 0 Å². The van der Waals surface area contributed by atoms with Crippen molar-refractivity contribution in [2.24, 2.45) is 10.9 Å². The number of hydrogen-bond acceptors (Lipinski definition) is 3. The first-order valence-corrected chi connectivity index (χ1v) is 10.9. The molecule has 0 aliphatic carbocycles. The van der Waals surface area contributed by atoms with Crippen molar-refractivity contribution in [3.05, 3.63) is 11.6 Å². The van der Waals surface area contributed by atoms with E-state index in [-0.39, 0.29) is 11.2 Å². The third-order valence-electron chi connectivity index (χ3n) is 4.99. The molecule has 0 amide bonds. The van der Waals surface area contributed by atoms with E-state index in [0.717, 1.165) is 6.42 Å². The van der Waals surface area contributed by atoms with Crippen LogP contribution in [0, 0.1) is 17.8 Å². The van der Waals surface area contributed by atoms with Gasteiger partial charge in [0.1, 0.15) is 0 Å². The fourth-order valence-corrected chi connectivity index (χ4v) is 2.13. The molecule has 0 saturated heterocycles. The molecule has 0 N–H and O–H groups in total. The molecule has 0 saturated carbocycles. The van der Waals surface area contributed by atoms with Crippen molar-refractivity contribution < 1.29 is 9.47 Å². The summed E-state index contributed by atoms with van der Waals surface area (Å²) in [5.74, 6) is 7.12. The van der Waals surface area contributed by atoms with E-state index in [1.165, 1.54) is 31.3 Å². The van der Waals surface area contributed by atoms with Crippen LogP contribution in [0.1, 0.15) is 94.4 Å². The molecule has 3 nitrogen and oxygen atoms in total. The molecule has 0 aliphatic heterocycles. The van der Waals surface area contributed by atoms with Gasteiger partial charge in [0.25, 0.3) is 0 Å². The van der Waals surface area contributed by atoms with Gasteiger partial charge in [-0.1, -0.05) is 59.3 Å². The average molecular weight is 396 g/mol. The van der Waals surface area contributed by atoms with Gasteiger partial charge < -0.3 is 9.47 Å². The Hall–Kier alpha value is -1.11. The van der Waals surface area contributed by atoms with Crippen LogP contribution >= 0.6 is 0 Å². The SMILES string of the molecule is CC.CCCC(C#C/C=C(\C=NC)CC)CCC.COC(C)(C)C(C)(C)OC. The van der Waals surface area contributed by atoms with Crippen molar-refractivity contribution >= 4 is 6.21 Å². The van der Waals surface area contributed by atoms with E-state index in [0.29, 0.717) is 5.92 Å². The van der Waals surface area contributed by atoms with E-state index in [9.17, 15) is 0 Å². The number of nitrogens with zero attached hydrogens (tertiary/aromatic N) is 1. The summed E-state index contributed by atoms with van der Waals surface area (Å²) in [7, 11) is 5.19. The van der Waals surface area contributed by atoms with E-state index in [4.69, 9.17) is 9.47 Å². The molecule has 0 radical (unpaired) electrons. The van der Waals surface area contributed by atoms with E-state index in [1.807, 2.05) is 53.8 Å². The van der Waals surface area contributed by atoms with E-state index in [2.05, 4.69) is 37.6 Å². The molecule has 0 rings (SSSR count). The van der Waals surface area contributed by atoms with Crippen molar-refractivity contribution in [1.82, 2.24) is 0 Å². The average Bonchev–Trinajstić information content (AvgIpc) is 2.69. The number of hydrogen-bond donors (Lipinski definition) is 0. The lowest BCUT2D eigenvalue weighted by molar-refractivity contribution is -0.147. The van der Waals surface area contributed by atoms with E-state index < -0.39 is 0 Å². The number of aliphatic imine (C=N–C) groups is 1. The first-order chi connectivity index (χ1) is 13.1. The summed E-state index contributed by atoms with van der Waals surface area (Å²) >= 11 is 0. The molecule has 0 heterocycles. The van der Waals surface area contributed by atoms with Crippen LogP contribution in [-0.2, 0) is 9.47 Å². The van der Waals surface area contributed by atoms with Gasteiger partial charge in [-0.2, -0.15) is 0 Å². The first kappa shape index (κ1) is 31.6. The smallest absolute Gasteiger partial charge is 0.0905 e. The molecular weight excluding hydrogens is 346 g/mol. The molecular formula is C25H49NO2. The maximum absolute atomic E-state index is 5.27. The molecule has 28 heavy (non-hydrogen) atoms. The zero-order valence-electron chi connectivity index (χ0n) is 21.0. The second-order valence-corrected chi connectivity index (χ2v) is 7.45. The maximum Gasteiger partial charge on any atom is 0.0905 e. The standard InChI is InChI=1S/C15H25N.C8H18O2.C2H6/c1-5-9-15(10-6-2)12-8-11-14(7-3)13-16-4;1-7(2,9-5)8(3,4)10-6;1-2/h11,13,15H,5-7,9-10H2,1-4H3;1-6H3;1-2H3/b14-11-,16-13?;;. The summed E-state index contributed by atoms with van der Waals surface area (Å²) in [6.45, 7) is 18.6. The molecule has 0 atom stereocenters. The number of methoxy groups -OCH3 is 2. The minimum atomic E-state index is -0.234. The highest BCUT2D eigenvalue weighted by Crippen LogP contribution is 2.27. The molecule has 166 valence electrons.